The second kappa shape index (κ2) is 24.0. The summed E-state index contributed by atoms with van der Waals surface area (Å²) in [6.07, 6.45) is 4.93. The molecule has 0 atom stereocenters. The monoisotopic (exact) mass is 469 g/mol. The van der Waals surface area contributed by atoms with Crippen molar-refractivity contribution in [3.8, 4) is 6.07 Å². The predicted octanol–water partition coefficient (Wildman–Crippen LogP) is 3.60. The van der Waals surface area contributed by atoms with E-state index in [2.05, 4.69) is 22.6 Å². The van der Waals surface area contributed by atoms with E-state index in [0.717, 1.165) is 0 Å². The van der Waals surface area contributed by atoms with Crippen molar-refractivity contribution in [2.75, 3.05) is 6.54 Å². The van der Waals surface area contributed by atoms with Gasteiger partial charge in [-0.05, 0) is 38.0 Å². The first-order chi connectivity index (χ1) is 13.7. The zero-order chi connectivity index (χ0) is 23.2. The van der Waals surface area contributed by atoms with Gasteiger partial charge in [-0.2, -0.15) is 6.20 Å². The van der Waals surface area contributed by atoms with Crippen LogP contribution in [-0.4, -0.2) is 28.0 Å². The molecule has 30 heavy (non-hydrogen) atoms. The van der Waals surface area contributed by atoms with Gasteiger partial charge in [0.25, 0.3) is 0 Å². The summed E-state index contributed by atoms with van der Waals surface area (Å²) in [6.45, 7) is 9.84. The number of nitrogens with one attached hydrogen (secondary N) is 2. The van der Waals surface area contributed by atoms with Gasteiger partial charge in [0.15, 0.2) is 0 Å². The Morgan fingerprint density at radius 2 is 1.57 bits per heavy atom. The summed E-state index contributed by atoms with van der Waals surface area (Å²) >= 11 is 0. The van der Waals surface area contributed by atoms with Crippen molar-refractivity contribution >= 4 is 5.97 Å². The molecule has 0 aliphatic carbocycles. The topological polar surface area (TPSA) is 199 Å². The van der Waals surface area contributed by atoms with Crippen molar-refractivity contribution in [3.63, 3.8) is 0 Å². The molecular weight excluding hydrogens is 443 g/mol. The molecule has 12 nitrogen and oxygen atoms in total. The van der Waals surface area contributed by atoms with Crippen LogP contribution in [0.1, 0.15) is 34.1 Å². The van der Waals surface area contributed by atoms with E-state index in [1.165, 1.54) is 26.1 Å². The minimum absolute atomic E-state index is 0. The van der Waals surface area contributed by atoms with Crippen LogP contribution in [0.2, 0.25) is 0 Å². The number of carbonyl (C=O) groups is 1. The van der Waals surface area contributed by atoms with Gasteiger partial charge < -0.3 is 17.3 Å². The van der Waals surface area contributed by atoms with E-state index < -0.39 is 5.97 Å². The molecule has 13 heteroatoms. The summed E-state index contributed by atoms with van der Waals surface area (Å²) in [5, 5.41) is 41.1. The molecule has 0 aromatic carbocycles. The van der Waals surface area contributed by atoms with Gasteiger partial charge in [-0.1, -0.05) is 18.6 Å². The van der Waals surface area contributed by atoms with Crippen LogP contribution in [0.5, 0.6) is 0 Å². The van der Waals surface area contributed by atoms with E-state index in [0.29, 0.717) is 29.9 Å². The van der Waals surface area contributed by atoms with Crippen molar-refractivity contribution in [2.24, 2.45) is 10.4 Å². The van der Waals surface area contributed by atoms with Crippen LogP contribution in [0, 0.1) is 28.1 Å². The van der Waals surface area contributed by atoms with Crippen LogP contribution in [0.15, 0.2) is 57.1 Å². The zero-order valence-corrected chi connectivity index (χ0v) is 18.1. The molecule has 1 aliphatic rings. The van der Waals surface area contributed by atoms with Crippen LogP contribution in [0.25, 0.3) is 5.32 Å². The number of hydrogen-bond donors (Lipinski definition) is 5. The summed E-state index contributed by atoms with van der Waals surface area (Å²) in [7, 11) is 0. The number of hydroxylamine groups is 2. The molecule has 1 rings (SSSR count). The molecule has 5 N–H and O–H groups in total. The van der Waals surface area contributed by atoms with Gasteiger partial charge in [-0.25, -0.2) is 10.1 Å². The number of hydrogen-bond acceptors (Lipinski definition) is 10. The Morgan fingerprint density at radius 3 is 1.70 bits per heavy atom. The minimum atomic E-state index is -0.888. The van der Waals surface area contributed by atoms with E-state index in [4.69, 9.17) is 20.8 Å². The van der Waals surface area contributed by atoms with Crippen molar-refractivity contribution in [1.82, 2.24) is 11.0 Å². The molecule has 1 heterocycles. The summed E-state index contributed by atoms with van der Waals surface area (Å²) in [4.78, 5) is 29.5. The maximum atomic E-state index is 10.2. The molecule has 0 spiro atoms. The number of allylic oxidation sites excluding steroid dienone is 4. The third-order valence-corrected chi connectivity index (χ3v) is 2.83. The Bertz CT molecular complexity index is 653. The number of aliphatic carboxylic acids is 1. The Hall–Kier alpha value is -3.05. The number of nitrogens with zero attached hydrogens (tertiary/aromatic N) is 4. The fourth-order valence-corrected chi connectivity index (χ4v) is 0.870. The quantitative estimate of drug-likeness (QED) is 0.227. The third kappa shape index (κ3) is 21.2. The van der Waals surface area contributed by atoms with Gasteiger partial charge in [0.2, 0.25) is 0 Å². The van der Waals surface area contributed by atoms with Gasteiger partial charge >= 0.3 is 22.7 Å². The first-order valence-corrected chi connectivity index (χ1v) is 7.91. The van der Waals surface area contributed by atoms with E-state index in [9.17, 15) is 14.6 Å². The number of carboxylic acids is 1. The van der Waals surface area contributed by atoms with E-state index in [1.807, 2.05) is 6.07 Å². The first-order valence-electron chi connectivity index (χ1n) is 7.91. The zero-order valence-electron chi connectivity index (χ0n) is 17.0. The minimum Gasteiger partial charge on any atom is -0.687 e. The molecular formula is C17H26CoN6O6. The van der Waals surface area contributed by atoms with E-state index in [-0.39, 0.29) is 28.2 Å². The van der Waals surface area contributed by atoms with Crippen LogP contribution < -0.4 is 11.0 Å². The average Bonchev–Trinajstić information content (AvgIpc) is 2.78. The smallest absolute Gasteiger partial charge is 0.687 e. The van der Waals surface area contributed by atoms with Gasteiger partial charge in [0.1, 0.15) is 11.4 Å². The molecule has 0 aromatic heterocycles. The van der Waals surface area contributed by atoms with Gasteiger partial charge in [0, 0.05) is 6.07 Å². The normalized spacial score (nSPS) is 12.1. The molecule has 0 aromatic rings. The molecule has 0 saturated carbocycles. The second-order valence-corrected chi connectivity index (χ2v) is 4.88. The van der Waals surface area contributed by atoms with Crippen LogP contribution >= 0.6 is 0 Å². The molecule has 0 fully saturated rings. The molecule has 0 unspecified atom stereocenters. The van der Waals surface area contributed by atoms with E-state index in [1.54, 1.807) is 30.9 Å². The van der Waals surface area contributed by atoms with Crippen LogP contribution in [-0.2, 0) is 21.6 Å². The second-order valence-electron chi connectivity index (χ2n) is 4.88. The Labute approximate surface area is 185 Å². The van der Waals surface area contributed by atoms with Crippen molar-refractivity contribution in [3.05, 3.63) is 68.8 Å². The largest absolute Gasteiger partial charge is 2.00 e. The summed E-state index contributed by atoms with van der Waals surface area (Å²) in [5.74, 6) is -0.888. The maximum absolute atomic E-state index is 10.2. The first kappa shape index (κ1) is 34.5. The fourth-order valence-electron chi connectivity index (χ4n) is 0.870. The van der Waals surface area contributed by atoms with Gasteiger partial charge in [0.05, 0.1) is 17.0 Å². The summed E-state index contributed by atoms with van der Waals surface area (Å²) in [5.41, 5.74) is 5.19. The standard InChI is InChI=1S/C6H6NO2.2C4H8N2O2.C3H4N.Co/c8-6(9)5-1-3-7-4-2-5;2*1-3(5-7)4(2)6-8;1-2-3-4;/h1-3H,4H2,(H,8,9);2*5,7H,1-2H3;1-2H2;/q-1;;;-1;+2. The number of nitroso groups, excluding NO2 is 2. The van der Waals surface area contributed by atoms with Gasteiger partial charge in [-0.15, -0.1) is 16.4 Å². The summed E-state index contributed by atoms with van der Waals surface area (Å²) in [6, 6.07) is 1.82. The molecule has 0 bridgehead atoms. The van der Waals surface area contributed by atoms with E-state index >= 15 is 0 Å². The number of rotatable bonds is 5. The molecule has 0 amide bonds. The van der Waals surface area contributed by atoms with Crippen LogP contribution in [0.4, 0.5) is 0 Å². The van der Waals surface area contributed by atoms with Crippen LogP contribution in [0.3, 0.4) is 0 Å². The molecule has 1 aliphatic heterocycles. The molecule has 1 radical (unpaired) electrons. The Kier molecular flexibility index (Phi) is 27.5. The summed E-state index contributed by atoms with van der Waals surface area (Å²) < 4.78 is 0. The maximum Gasteiger partial charge on any atom is 2.00 e. The SMILES string of the molecule is CC(N=O)=C(C)NO.CC(N=O)=C(C)NO.O=C(O)C1=CC[N-]C=C1.[CH2-]CC#N.[Co+2]. The number of carboxylic acid groups (broad SMARTS) is 1. The predicted molar refractivity (Wildman–Crippen MR) is 107 cm³/mol. The van der Waals surface area contributed by atoms with Crippen molar-refractivity contribution in [1.29, 1.82) is 5.26 Å². The fraction of sp³-hybridized carbons (Fsp3) is 0.353. The molecule has 0 saturated heterocycles. The molecule has 169 valence electrons. The van der Waals surface area contributed by atoms with Crippen molar-refractivity contribution < 1.29 is 37.1 Å². The third-order valence-electron chi connectivity index (χ3n) is 2.83. The Balaban J connectivity index is -0.000000153. The Morgan fingerprint density at radius 1 is 1.17 bits per heavy atom. The van der Waals surface area contributed by atoms with Crippen molar-refractivity contribution in [2.45, 2.75) is 34.1 Å². The number of nitriles is 1. The van der Waals surface area contributed by atoms with Gasteiger partial charge in [-0.3, -0.25) is 21.4 Å². The average molecular weight is 469 g/mol.